The van der Waals surface area contributed by atoms with Crippen LogP contribution in [0.5, 0.6) is 0 Å². The third-order valence-electron chi connectivity index (χ3n) is 4.06. The second-order valence-corrected chi connectivity index (χ2v) is 6.79. The Labute approximate surface area is 153 Å². The summed E-state index contributed by atoms with van der Waals surface area (Å²) in [6, 6.07) is 20.6. The van der Waals surface area contributed by atoms with Crippen molar-refractivity contribution in [3.63, 3.8) is 0 Å². The van der Waals surface area contributed by atoms with E-state index >= 15 is 0 Å². The smallest absolute Gasteiger partial charge is 0.127 e. The van der Waals surface area contributed by atoms with Crippen molar-refractivity contribution in [3.05, 3.63) is 90.0 Å². The monoisotopic (exact) mass is 364 g/mol. The quantitative estimate of drug-likeness (QED) is 0.424. The summed E-state index contributed by atoms with van der Waals surface area (Å²) >= 11 is 1.56. The van der Waals surface area contributed by atoms with Crippen molar-refractivity contribution < 1.29 is 8.78 Å². The standard InChI is InChI=1S/C21H14F2N2S/c22-16-9-5-14(6-10-16)13-26-21-19-4-2-1-3-18(19)20(24-25-21)15-7-11-17(23)12-8-15/h1-12H,13H2. The molecule has 5 heteroatoms. The van der Waals surface area contributed by atoms with Crippen LogP contribution in [-0.4, -0.2) is 10.2 Å². The van der Waals surface area contributed by atoms with E-state index in [2.05, 4.69) is 10.2 Å². The molecule has 1 aromatic heterocycles. The van der Waals surface area contributed by atoms with Crippen LogP contribution >= 0.6 is 11.8 Å². The molecule has 0 unspecified atom stereocenters. The zero-order chi connectivity index (χ0) is 17.9. The average Bonchev–Trinajstić information content (AvgIpc) is 2.68. The van der Waals surface area contributed by atoms with E-state index in [1.165, 1.54) is 24.3 Å². The third kappa shape index (κ3) is 3.44. The summed E-state index contributed by atoms with van der Waals surface area (Å²) in [5, 5.41) is 11.5. The number of hydrogen-bond acceptors (Lipinski definition) is 3. The second kappa shape index (κ2) is 7.22. The molecule has 2 nitrogen and oxygen atoms in total. The Hall–Kier alpha value is -2.79. The van der Waals surface area contributed by atoms with E-state index in [1.807, 2.05) is 24.3 Å². The van der Waals surface area contributed by atoms with Crippen molar-refractivity contribution in [1.29, 1.82) is 0 Å². The van der Waals surface area contributed by atoms with Gasteiger partial charge in [0.15, 0.2) is 0 Å². The van der Waals surface area contributed by atoms with Crippen molar-refractivity contribution >= 4 is 22.5 Å². The van der Waals surface area contributed by atoms with Gasteiger partial charge in [-0.1, -0.05) is 48.2 Å². The summed E-state index contributed by atoms with van der Waals surface area (Å²) in [5.74, 6) is 0.152. The maximum Gasteiger partial charge on any atom is 0.127 e. The number of halogens is 2. The maximum absolute atomic E-state index is 13.2. The van der Waals surface area contributed by atoms with Gasteiger partial charge in [-0.3, -0.25) is 0 Å². The van der Waals surface area contributed by atoms with Crippen LogP contribution in [0.1, 0.15) is 5.56 Å². The Morgan fingerprint density at radius 2 is 1.31 bits per heavy atom. The molecular formula is C21H14F2N2S. The first-order chi connectivity index (χ1) is 12.7. The van der Waals surface area contributed by atoms with Crippen LogP contribution in [0.3, 0.4) is 0 Å². The summed E-state index contributed by atoms with van der Waals surface area (Å²) in [5.41, 5.74) is 2.57. The molecule has 0 saturated heterocycles. The molecular weight excluding hydrogens is 350 g/mol. The predicted octanol–water partition coefficient (Wildman–Crippen LogP) is 5.87. The number of thioether (sulfide) groups is 1. The molecule has 26 heavy (non-hydrogen) atoms. The van der Waals surface area contributed by atoms with Gasteiger partial charge < -0.3 is 0 Å². The van der Waals surface area contributed by atoms with E-state index in [-0.39, 0.29) is 11.6 Å². The molecule has 0 fully saturated rings. The van der Waals surface area contributed by atoms with E-state index in [9.17, 15) is 8.78 Å². The molecule has 0 bridgehead atoms. The number of rotatable bonds is 4. The minimum atomic E-state index is -0.280. The van der Waals surface area contributed by atoms with Gasteiger partial charge in [-0.05, 0) is 42.0 Å². The highest BCUT2D eigenvalue weighted by molar-refractivity contribution is 7.98. The average molecular weight is 364 g/mol. The van der Waals surface area contributed by atoms with Crippen molar-refractivity contribution in [1.82, 2.24) is 10.2 Å². The molecule has 0 aliphatic rings. The number of hydrogen-bond donors (Lipinski definition) is 0. The Morgan fingerprint density at radius 1 is 0.692 bits per heavy atom. The minimum absolute atomic E-state index is 0.243. The van der Waals surface area contributed by atoms with Gasteiger partial charge in [0.05, 0.1) is 0 Å². The lowest BCUT2D eigenvalue weighted by molar-refractivity contribution is 0.627. The zero-order valence-corrected chi connectivity index (χ0v) is 14.5. The molecule has 128 valence electrons. The molecule has 4 aromatic rings. The van der Waals surface area contributed by atoms with Gasteiger partial charge in [0.1, 0.15) is 22.4 Å². The summed E-state index contributed by atoms with van der Waals surface area (Å²) in [7, 11) is 0. The molecule has 0 spiro atoms. The highest BCUT2D eigenvalue weighted by Gasteiger charge is 2.11. The largest absolute Gasteiger partial charge is 0.207 e. The van der Waals surface area contributed by atoms with Gasteiger partial charge in [0, 0.05) is 22.1 Å². The molecule has 3 aromatic carbocycles. The zero-order valence-electron chi connectivity index (χ0n) is 13.7. The maximum atomic E-state index is 13.2. The molecule has 0 aliphatic carbocycles. The Kier molecular flexibility index (Phi) is 4.63. The Morgan fingerprint density at radius 3 is 2.00 bits per heavy atom. The first-order valence-corrected chi connectivity index (χ1v) is 9.08. The van der Waals surface area contributed by atoms with Crippen LogP contribution in [-0.2, 0) is 5.75 Å². The van der Waals surface area contributed by atoms with Crippen molar-refractivity contribution in [2.24, 2.45) is 0 Å². The van der Waals surface area contributed by atoms with Crippen LogP contribution in [0.2, 0.25) is 0 Å². The van der Waals surface area contributed by atoms with E-state index in [0.29, 0.717) is 5.75 Å². The highest BCUT2D eigenvalue weighted by atomic mass is 32.2. The van der Waals surface area contributed by atoms with Crippen molar-refractivity contribution in [2.45, 2.75) is 10.8 Å². The van der Waals surface area contributed by atoms with Crippen molar-refractivity contribution in [2.75, 3.05) is 0 Å². The summed E-state index contributed by atoms with van der Waals surface area (Å²) in [4.78, 5) is 0. The SMILES string of the molecule is Fc1ccc(CSc2nnc(-c3ccc(F)cc3)c3ccccc23)cc1. The summed E-state index contributed by atoms with van der Waals surface area (Å²) in [6.07, 6.45) is 0. The van der Waals surface area contributed by atoms with E-state index in [4.69, 9.17) is 0 Å². The first kappa shape index (κ1) is 16.7. The number of nitrogens with zero attached hydrogens (tertiary/aromatic N) is 2. The fraction of sp³-hybridized carbons (Fsp3) is 0.0476. The molecule has 1 heterocycles. The van der Waals surface area contributed by atoms with Crippen LogP contribution in [0.4, 0.5) is 8.78 Å². The predicted molar refractivity (Wildman–Crippen MR) is 101 cm³/mol. The lowest BCUT2D eigenvalue weighted by Crippen LogP contribution is -1.94. The van der Waals surface area contributed by atoms with Gasteiger partial charge in [0.2, 0.25) is 0 Å². The van der Waals surface area contributed by atoms with Gasteiger partial charge in [-0.2, -0.15) is 0 Å². The van der Waals surface area contributed by atoms with Crippen LogP contribution in [0, 0.1) is 11.6 Å². The molecule has 0 N–H and O–H groups in total. The topological polar surface area (TPSA) is 25.8 Å². The fourth-order valence-corrected chi connectivity index (χ4v) is 3.67. The molecule has 0 atom stereocenters. The molecule has 0 saturated carbocycles. The van der Waals surface area contributed by atoms with Gasteiger partial charge in [-0.15, -0.1) is 10.2 Å². The van der Waals surface area contributed by atoms with E-state index < -0.39 is 0 Å². The lowest BCUT2D eigenvalue weighted by Gasteiger charge is -2.09. The minimum Gasteiger partial charge on any atom is -0.207 e. The molecule has 4 rings (SSSR count). The first-order valence-electron chi connectivity index (χ1n) is 8.09. The van der Waals surface area contributed by atoms with Crippen LogP contribution in [0.25, 0.3) is 22.0 Å². The van der Waals surface area contributed by atoms with E-state index in [1.54, 1.807) is 36.0 Å². The lowest BCUT2D eigenvalue weighted by atomic mass is 10.1. The Bertz CT molecular complexity index is 1050. The van der Waals surface area contributed by atoms with Crippen LogP contribution < -0.4 is 0 Å². The molecule has 0 amide bonds. The van der Waals surface area contributed by atoms with E-state index in [0.717, 1.165) is 32.6 Å². The van der Waals surface area contributed by atoms with Gasteiger partial charge >= 0.3 is 0 Å². The molecule has 0 aliphatic heterocycles. The van der Waals surface area contributed by atoms with Crippen LogP contribution in [0.15, 0.2) is 77.8 Å². The number of aromatic nitrogens is 2. The Balaban J connectivity index is 1.69. The third-order valence-corrected chi connectivity index (χ3v) is 5.11. The summed E-state index contributed by atoms with van der Waals surface area (Å²) < 4.78 is 26.2. The van der Waals surface area contributed by atoms with Gasteiger partial charge in [-0.25, -0.2) is 8.78 Å². The van der Waals surface area contributed by atoms with Gasteiger partial charge in [0.25, 0.3) is 0 Å². The van der Waals surface area contributed by atoms with Crippen molar-refractivity contribution in [3.8, 4) is 11.3 Å². The molecule has 0 radical (unpaired) electrons. The highest BCUT2D eigenvalue weighted by Crippen LogP contribution is 2.33. The number of benzene rings is 3. The summed E-state index contributed by atoms with van der Waals surface area (Å²) in [6.45, 7) is 0. The second-order valence-electron chi connectivity index (χ2n) is 5.82. The number of fused-ring (bicyclic) bond motifs is 1. The normalized spacial score (nSPS) is 11.0. The fourth-order valence-electron chi connectivity index (χ4n) is 2.74.